The Morgan fingerprint density at radius 1 is 1.19 bits per heavy atom. The van der Waals surface area contributed by atoms with Crippen molar-refractivity contribution >= 4 is 17.2 Å². The summed E-state index contributed by atoms with van der Waals surface area (Å²) in [6.45, 7) is 0.670. The average molecular weight is 284 g/mol. The lowest BCUT2D eigenvalue weighted by Crippen LogP contribution is -2.13. The first-order valence-corrected chi connectivity index (χ1v) is 6.68. The van der Waals surface area contributed by atoms with Crippen LogP contribution in [0.15, 0.2) is 53.7 Å². The van der Waals surface area contributed by atoms with Crippen molar-refractivity contribution in [2.75, 3.05) is 24.3 Å². The van der Waals surface area contributed by atoms with Crippen LogP contribution in [0.5, 0.6) is 0 Å². The molecule has 0 heterocycles. The molecule has 0 aliphatic rings. The molecule has 2 aromatic rings. The molecule has 0 fully saturated rings. The molecule has 0 aromatic heterocycles. The first-order valence-electron chi connectivity index (χ1n) is 6.68. The molecule has 110 valence electrons. The molecule has 0 saturated carbocycles. The van der Waals surface area contributed by atoms with E-state index in [1.54, 1.807) is 0 Å². The highest BCUT2D eigenvalue weighted by Gasteiger charge is 2.01. The second-order valence-electron chi connectivity index (χ2n) is 4.98. The fourth-order valence-corrected chi connectivity index (χ4v) is 2.00. The van der Waals surface area contributed by atoms with Crippen molar-refractivity contribution in [1.82, 2.24) is 0 Å². The highest BCUT2D eigenvalue weighted by atomic mass is 16.4. The van der Waals surface area contributed by atoms with Gasteiger partial charge in [-0.25, -0.2) is 0 Å². The zero-order valence-electron chi connectivity index (χ0n) is 12.2. The maximum atomic E-state index is 8.71. The summed E-state index contributed by atoms with van der Waals surface area (Å²) in [6.07, 6.45) is 0. The van der Waals surface area contributed by atoms with Gasteiger partial charge in [-0.2, -0.15) is 0 Å². The lowest BCUT2D eigenvalue weighted by Gasteiger charge is -2.14. The van der Waals surface area contributed by atoms with Gasteiger partial charge in [0.1, 0.15) is 0 Å². The van der Waals surface area contributed by atoms with E-state index in [9.17, 15) is 0 Å². The standard InChI is InChI=1S/C16H20N4O/c1-20(2)15-8-4-7-14(10-15)18-11-12-5-3-6-13(9-12)16(17)19-21/h3-10,18,21H,11H2,1-2H3,(H2,17,19). The lowest BCUT2D eigenvalue weighted by molar-refractivity contribution is 0.318. The van der Waals surface area contributed by atoms with Crippen LogP contribution in [-0.4, -0.2) is 25.1 Å². The molecule has 0 atom stereocenters. The van der Waals surface area contributed by atoms with E-state index in [0.29, 0.717) is 12.1 Å². The van der Waals surface area contributed by atoms with Gasteiger partial charge in [0.2, 0.25) is 0 Å². The van der Waals surface area contributed by atoms with Crippen LogP contribution in [0.25, 0.3) is 0 Å². The van der Waals surface area contributed by atoms with Gasteiger partial charge in [-0.1, -0.05) is 29.4 Å². The van der Waals surface area contributed by atoms with Gasteiger partial charge in [0, 0.05) is 37.6 Å². The van der Waals surface area contributed by atoms with Crippen LogP contribution in [0.4, 0.5) is 11.4 Å². The van der Waals surface area contributed by atoms with Crippen molar-refractivity contribution in [2.24, 2.45) is 10.9 Å². The van der Waals surface area contributed by atoms with Gasteiger partial charge in [0.05, 0.1) is 0 Å². The fourth-order valence-electron chi connectivity index (χ4n) is 2.00. The predicted molar refractivity (Wildman–Crippen MR) is 87.0 cm³/mol. The number of amidine groups is 1. The number of nitrogens with zero attached hydrogens (tertiary/aromatic N) is 2. The van der Waals surface area contributed by atoms with Crippen LogP contribution < -0.4 is 16.0 Å². The van der Waals surface area contributed by atoms with Crippen LogP contribution in [0.2, 0.25) is 0 Å². The molecule has 2 rings (SSSR count). The maximum absolute atomic E-state index is 8.71. The highest BCUT2D eigenvalue weighted by molar-refractivity contribution is 5.97. The smallest absolute Gasteiger partial charge is 0.170 e. The first-order chi connectivity index (χ1) is 10.1. The van der Waals surface area contributed by atoms with Gasteiger partial charge in [0.25, 0.3) is 0 Å². The Bertz CT molecular complexity index is 638. The van der Waals surface area contributed by atoms with Crippen molar-refractivity contribution in [3.8, 4) is 0 Å². The van der Waals surface area contributed by atoms with Crippen LogP contribution in [-0.2, 0) is 6.54 Å². The second kappa shape index (κ2) is 6.65. The molecule has 0 bridgehead atoms. The van der Waals surface area contributed by atoms with Gasteiger partial charge < -0.3 is 21.2 Å². The van der Waals surface area contributed by atoms with E-state index in [1.165, 1.54) is 0 Å². The summed E-state index contributed by atoms with van der Waals surface area (Å²) in [7, 11) is 4.03. The minimum Gasteiger partial charge on any atom is -0.409 e. The van der Waals surface area contributed by atoms with Crippen LogP contribution in [0.1, 0.15) is 11.1 Å². The largest absolute Gasteiger partial charge is 0.409 e. The summed E-state index contributed by atoms with van der Waals surface area (Å²) in [4.78, 5) is 2.06. The number of hydrogen-bond donors (Lipinski definition) is 3. The molecule has 0 aliphatic heterocycles. The molecule has 4 N–H and O–H groups in total. The minimum atomic E-state index is 0.117. The van der Waals surface area contributed by atoms with Crippen molar-refractivity contribution in [1.29, 1.82) is 0 Å². The normalized spacial score (nSPS) is 11.2. The third kappa shape index (κ3) is 3.89. The number of anilines is 2. The Balaban J connectivity index is 2.08. The summed E-state index contributed by atoms with van der Waals surface area (Å²) < 4.78 is 0. The summed E-state index contributed by atoms with van der Waals surface area (Å²) in [6, 6.07) is 15.8. The van der Waals surface area contributed by atoms with Gasteiger partial charge in [-0.15, -0.1) is 0 Å². The van der Waals surface area contributed by atoms with Crippen molar-refractivity contribution in [2.45, 2.75) is 6.54 Å². The molecule has 0 saturated heterocycles. The summed E-state index contributed by atoms with van der Waals surface area (Å²) in [5.41, 5.74) is 9.56. The fraction of sp³-hybridized carbons (Fsp3) is 0.188. The van der Waals surface area contributed by atoms with Gasteiger partial charge in [-0.3, -0.25) is 0 Å². The number of rotatable bonds is 5. The number of benzene rings is 2. The Labute approximate surface area is 124 Å². The third-order valence-electron chi connectivity index (χ3n) is 3.19. The molecule has 0 unspecified atom stereocenters. The molecule has 0 aliphatic carbocycles. The third-order valence-corrected chi connectivity index (χ3v) is 3.19. The zero-order chi connectivity index (χ0) is 15.2. The number of hydrogen-bond acceptors (Lipinski definition) is 4. The molecule has 0 amide bonds. The second-order valence-corrected chi connectivity index (χ2v) is 4.98. The molecule has 0 radical (unpaired) electrons. The maximum Gasteiger partial charge on any atom is 0.170 e. The Kier molecular flexibility index (Phi) is 4.66. The van der Waals surface area contributed by atoms with Crippen LogP contribution in [0.3, 0.4) is 0 Å². The van der Waals surface area contributed by atoms with E-state index >= 15 is 0 Å². The molecule has 2 aromatic carbocycles. The van der Waals surface area contributed by atoms with E-state index in [1.807, 2.05) is 50.5 Å². The summed E-state index contributed by atoms with van der Waals surface area (Å²) in [5, 5.41) is 15.1. The molecular weight excluding hydrogens is 264 g/mol. The monoisotopic (exact) mass is 284 g/mol. The molecule has 0 spiro atoms. The van der Waals surface area contributed by atoms with E-state index in [-0.39, 0.29) is 5.84 Å². The Hall–Kier alpha value is -2.69. The van der Waals surface area contributed by atoms with Crippen molar-refractivity contribution in [3.63, 3.8) is 0 Å². The lowest BCUT2D eigenvalue weighted by atomic mass is 10.1. The van der Waals surface area contributed by atoms with E-state index < -0.39 is 0 Å². The van der Waals surface area contributed by atoms with E-state index in [4.69, 9.17) is 10.9 Å². The molecule has 5 heteroatoms. The number of nitrogens with two attached hydrogens (primary N) is 1. The zero-order valence-corrected chi connectivity index (χ0v) is 12.2. The van der Waals surface area contributed by atoms with E-state index in [0.717, 1.165) is 16.9 Å². The topological polar surface area (TPSA) is 73.9 Å². The van der Waals surface area contributed by atoms with Crippen LogP contribution in [0, 0.1) is 0 Å². The average Bonchev–Trinajstić information content (AvgIpc) is 2.52. The first kappa shape index (κ1) is 14.7. The van der Waals surface area contributed by atoms with Crippen molar-refractivity contribution < 1.29 is 5.21 Å². The molecular formula is C16H20N4O. The number of nitrogens with one attached hydrogen (secondary N) is 1. The quantitative estimate of drug-likeness (QED) is 0.341. The Morgan fingerprint density at radius 3 is 2.67 bits per heavy atom. The minimum absolute atomic E-state index is 0.117. The molecule has 5 nitrogen and oxygen atoms in total. The highest BCUT2D eigenvalue weighted by Crippen LogP contribution is 2.18. The van der Waals surface area contributed by atoms with Gasteiger partial charge in [0.15, 0.2) is 5.84 Å². The molecule has 21 heavy (non-hydrogen) atoms. The van der Waals surface area contributed by atoms with Crippen molar-refractivity contribution in [3.05, 3.63) is 59.7 Å². The van der Waals surface area contributed by atoms with E-state index in [2.05, 4.69) is 27.5 Å². The van der Waals surface area contributed by atoms with Gasteiger partial charge >= 0.3 is 0 Å². The SMILES string of the molecule is CN(C)c1cccc(NCc2cccc(/C(N)=N/O)c2)c1. The summed E-state index contributed by atoms with van der Waals surface area (Å²) >= 11 is 0. The summed E-state index contributed by atoms with van der Waals surface area (Å²) in [5.74, 6) is 0.117. The van der Waals surface area contributed by atoms with Crippen LogP contribution >= 0.6 is 0 Å². The predicted octanol–water partition coefficient (Wildman–Crippen LogP) is 2.46. The Morgan fingerprint density at radius 2 is 1.95 bits per heavy atom. The number of oxime groups is 1. The van der Waals surface area contributed by atoms with Gasteiger partial charge in [-0.05, 0) is 29.8 Å².